The van der Waals surface area contributed by atoms with E-state index in [9.17, 15) is 4.79 Å². The van der Waals surface area contributed by atoms with E-state index in [0.717, 1.165) is 21.5 Å². The summed E-state index contributed by atoms with van der Waals surface area (Å²) in [4.78, 5) is 20.9. The summed E-state index contributed by atoms with van der Waals surface area (Å²) in [7, 11) is 0. The molecule has 0 unspecified atom stereocenters. The SMILES string of the molecule is O=C1NC(Nc2ccc3c(c2)OCCO3)=N/C1=C\c1ccc2ncsc2c1. The molecule has 8 heteroatoms. The summed E-state index contributed by atoms with van der Waals surface area (Å²) in [6.07, 6.45) is 1.76. The van der Waals surface area contributed by atoms with Gasteiger partial charge in [0.25, 0.3) is 5.91 Å². The zero-order valence-corrected chi connectivity index (χ0v) is 14.9. The first-order chi connectivity index (χ1) is 13.2. The van der Waals surface area contributed by atoms with E-state index in [4.69, 9.17) is 9.47 Å². The molecule has 3 heterocycles. The van der Waals surface area contributed by atoms with Crippen molar-refractivity contribution in [3.63, 3.8) is 0 Å². The molecule has 27 heavy (non-hydrogen) atoms. The summed E-state index contributed by atoms with van der Waals surface area (Å²) in [5.41, 5.74) is 4.76. The predicted molar refractivity (Wildman–Crippen MR) is 104 cm³/mol. The van der Waals surface area contributed by atoms with Crippen LogP contribution in [0.25, 0.3) is 16.3 Å². The first kappa shape index (κ1) is 15.8. The van der Waals surface area contributed by atoms with Crippen molar-refractivity contribution in [3.8, 4) is 11.5 Å². The van der Waals surface area contributed by atoms with Gasteiger partial charge in [-0.25, -0.2) is 9.98 Å². The molecule has 0 radical (unpaired) electrons. The topological polar surface area (TPSA) is 84.8 Å². The lowest BCUT2D eigenvalue weighted by Crippen LogP contribution is -2.30. The highest BCUT2D eigenvalue weighted by Crippen LogP contribution is 2.32. The molecule has 2 aromatic carbocycles. The first-order valence-corrected chi connectivity index (χ1v) is 9.24. The van der Waals surface area contributed by atoms with Crippen LogP contribution in [0.5, 0.6) is 11.5 Å². The number of rotatable bonds is 2. The predicted octanol–water partition coefficient (Wildman–Crippen LogP) is 3.01. The van der Waals surface area contributed by atoms with Crippen molar-refractivity contribution in [1.29, 1.82) is 0 Å². The average molecular weight is 378 g/mol. The monoisotopic (exact) mass is 378 g/mol. The number of hydrogen-bond acceptors (Lipinski definition) is 7. The van der Waals surface area contributed by atoms with Gasteiger partial charge in [-0.2, -0.15) is 0 Å². The van der Waals surface area contributed by atoms with Crippen molar-refractivity contribution in [3.05, 3.63) is 53.2 Å². The van der Waals surface area contributed by atoms with Crippen LogP contribution in [0.3, 0.4) is 0 Å². The van der Waals surface area contributed by atoms with Crippen LogP contribution < -0.4 is 20.1 Å². The molecule has 3 aromatic rings. The molecule has 0 fully saturated rings. The van der Waals surface area contributed by atoms with Gasteiger partial charge >= 0.3 is 0 Å². The maximum atomic E-state index is 12.2. The Morgan fingerprint density at radius 2 is 2.00 bits per heavy atom. The number of ether oxygens (including phenoxy) is 2. The van der Waals surface area contributed by atoms with Crippen molar-refractivity contribution in [2.24, 2.45) is 4.99 Å². The lowest BCUT2D eigenvalue weighted by molar-refractivity contribution is -0.115. The molecule has 5 rings (SSSR count). The van der Waals surface area contributed by atoms with Gasteiger partial charge in [0.2, 0.25) is 5.96 Å². The molecule has 7 nitrogen and oxygen atoms in total. The zero-order chi connectivity index (χ0) is 18.2. The number of amides is 1. The number of nitrogens with one attached hydrogen (secondary N) is 2. The van der Waals surface area contributed by atoms with Gasteiger partial charge in [-0.1, -0.05) is 6.07 Å². The summed E-state index contributed by atoms with van der Waals surface area (Å²) in [6, 6.07) is 11.3. The quantitative estimate of drug-likeness (QED) is 0.670. The largest absolute Gasteiger partial charge is 0.486 e. The number of nitrogens with zero attached hydrogens (tertiary/aromatic N) is 2. The molecule has 2 N–H and O–H groups in total. The fourth-order valence-electron chi connectivity index (χ4n) is 2.90. The van der Waals surface area contributed by atoms with E-state index in [1.54, 1.807) is 22.9 Å². The molecule has 2 aliphatic heterocycles. The number of hydrogen-bond donors (Lipinski definition) is 2. The van der Waals surface area contributed by atoms with E-state index in [0.29, 0.717) is 36.4 Å². The molecule has 0 spiro atoms. The number of benzene rings is 2. The molecule has 134 valence electrons. The van der Waals surface area contributed by atoms with Crippen molar-refractivity contribution in [2.75, 3.05) is 18.5 Å². The van der Waals surface area contributed by atoms with E-state index >= 15 is 0 Å². The second-order valence-corrected chi connectivity index (χ2v) is 6.89. The molecule has 1 amide bonds. The molecule has 0 bridgehead atoms. The van der Waals surface area contributed by atoms with Crippen molar-refractivity contribution in [2.45, 2.75) is 0 Å². The highest BCUT2D eigenvalue weighted by Gasteiger charge is 2.21. The summed E-state index contributed by atoms with van der Waals surface area (Å²) in [6.45, 7) is 1.06. The van der Waals surface area contributed by atoms with Gasteiger partial charge in [-0.15, -0.1) is 11.3 Å². The van der Waals surface area contributed by atoms with Gasteiger partial charge in [0.05, 0.1) is 15.7 Å². The number of anilines is 1. The van der Waals surface area contributed by atoms with Crippen LogP contribution in [0.1, 0.15) is 5.56 Å². The smallest absolute Gasteiger partial charge is 0.276 e. The minimum Gasteiger partial charge on any atom is -0.486 e. The van der Waals surface area contributed by atoms with Crippen LogP contribution in [-0.2, 0) is 4.79 Å². The van der Waals surface area contributed by atoms with Gasteiger partial charge in [0, 0.05) is 11.8 Å². The van der Waals surface area contributed by atoms with E-state index < -0.39 is 0 Å². The maximum Gasteiger partial charge on any atom is 0.276 e. The van der Waals surface area contributed by atoms with Crippen LogP contribution in [0.2, 0.25) is 0 Å². The minimum absolute atomic E-state index is 0.251. The molecule has 1 aromatic heterocycles. The van der Waals surface area contributed by atoms with Crippen LogP contribution in [0.15, 0.2) is 52.6 Å². The summed E-state index contributed by atoms with van der Waals surface area (Å²) < 4.78 is 12.1. The van der Waals surface area contributed by atoms with Gasteiger partial charge in [0.1, 0.15) is 18.9 Å². The Balaban J connectivity index is 1.39. The zero-order valence-electron chi connectivity index (χ0n) is 14.1. The third kappa shape index (κ3) is 3.11. The van der Waals surface area contributed by atoms with Gasteiger partial charge in [-0.3, -0.25) is 10.1 Å². The van der Waals surface area contributed by atoms with Gasteiger partial charge in [-0.05, 0) is 35.9 Å². The number of guanidine groups is 1. The molecule has 0 aliphatic carbocycles. The second kappa shape index (κ2) is 6.40. The Morgan fingerprint density at radius 3 is 2.93 bits per heavy atom. The minimum atomic E-state index is -0.251. The van der Waals surface area contributed by atoms with Crippen molar-refractivity contribution in [1.82, 2.24) is 10.3 Å². The first-order valence-electron chi connectivity index (χ1n) is 8.36. The summed E-state index contributed by atoms with van der Waals surface area (Å²) >= 11 is 1.56. The molecule has 0 atom stereocenters. The third-order valence-corrected chi connectivity index (χ3v) is 4.95. The highest BCUT2D eigenvalue weighted by molar-refractivity contribution is 7.16. The number of aliphatic imine (C=N–C) groups is 1. The molecular weight excluding hydrogens is 364 g/mol. The normalized spacial score (nSPS) is 17.1. The number of thiazole rings is 1. The van der Waals surface area contributed by atoms with E-state index in [1.807, 2.05) is 36.4 Å². The van der Waals surface area contributed by atoms with Crippen LogP contribution >= 0.6 is 11.3 Å². The molecular formula is C19H14N4O3S. The van der Waals surface area contributed by atoms with Gasteiger partial charge < -0.3 is 14.8 Å². The highest BCUT2D eigenvalue weighted by atomic mass is 32.1. The fourth-order valence-corrected chi connectivity index (χ4v) is 3.63. The Hall–Kier alpha value is -3.39. The summed E-state index contributed by atoms with van der Waals surface area (Å²) in [5, 5.41) is 5.83. The Bertz CT molecular complexity index is 1120. The van der Waals surface area contributed by atoms with Crippen molar-refractivity contribution >= 4 is 45.2 Å². The van der Waals surface area contributed by atoms with Crippen LogP contribution in [0.4, 0.5) is 5.69 Å². The lowest BCUT2D eigenvalue weighted by Gasteiger charge is -2.19. The summed E-state index contributed by atoms with van der Waals surface area (Å²) in [5.74, 6) is 1.51. The molecule has 0 saturated carbocycles. The molecule has 2 aliphatic rings. The van der Waals surface area contributed by atoms with E-state index in [-0.39, 0.29) is 5.91 Å². The number of aromatic nitrogens is 1. The fraction of sp³-hybridized carbons (Fsp3) is 0.105. The Morgan fingerprint density at radius 1 is 1.11 bits per heavy atom. The second-order valence-electron chi connectivity index (χ2n) is 6.01. The van der Waals surface area contributed by atoms with Crippen LogP contribution in [0, 0.1) is 0 Å². The van der Waals surface area contributed by atoms with E-state index in [2.05, 4.69) is 20.6 Å². The Kier molecular flexibility index (Phi) is 3.75. The number of fused-ring (bicyclic) bond motifs is 2. The Labute approximate surface area is 158 Å². The standard InChI is InChI=1S/C19H14N4O3S/c24-18-14(7-11-1-3-13-17(8-11)27-10-20-13)22-19(23-18)21-12-2-4-15-16(9-12)26-6-5-25-15/h1-4,7-10H,5-6H2,(H2,21,22,23,24)/b14-7-. The number of carbonyl (C=O) groups excluding carboxylic acids is 1. The van der Waals surface area contributed by atoms with Crippen molar-refractivity contribution < 1.29 is 14.3 Å². The lowest BCUT2D eigenvalue weighted by atomic mass is 10.2. The average Bonchev–Trinajstić information content (AvgIpc) is 3.28. The van der Waals surface area contributed by atoms with E-state index in [1.165, 1.54) is 0 Å². The number of carbonyl (C=O) groups is 1. The maximum absolute atomic E-state index is 12.2. The third-order valence-electron chi connectivity index (χ3n) is 4.16. The molecule has 0 saturated heterocycles. The van der Waals surface area contributed by atoms with Gasteiger partial charge in [0.15, 0.2) is 11.5 Å². The van der Waals surface area contributed by atoms with Crippen LogP contribution in [-0.4, -0.2) is 30.1 Å².